The average molecular weight is 247 g/mol. The zero-order chi connectivity index (χ0) is 8.55. The van der Waals surface area contributed by atoms with E-state index in [1.165, 1.54) is 5.56 Å². The van der Waals surface area contributed by atoms with E-state index in [2.05, 4.69) is 27.3 Å². The highest BCUT2D eigenvalue weighted by molar-refractivity contribution is 9.10. The van der Waals surface area contributed by atoms with Gasteiger partial charge in [-0.2, -0.15) is 0 Å². The van der Waals surface area contributed by atoms with E-state index in [1.54, 1.807) is 0 Å². The quantitative estimate of drug-likeness (QED) is 0.803. The summed E-state index contributed by atoms with van der Waals surface area (Å²) in [7, 11) is 0. The second-order valence-electron chi connectivity index (χ2n) is 3.03. The van der Waals surface area contributed by atoms with Crippen LogP contribution in [-0.4, -0.2) is 13.1 Å². The molecule has 1 aromatic carbocycles. The van der Waals surface area contributed by atoms with Crippen LogP contribution in [0.1, 0.15) is 11.5 Å². The van der Waals surface area contributed by atoms with E-state index in [0.29, 0.717) is 5.92 Å². The molecule has 0 saturated carbocycles. The first kappa shape index (κ1) is 8.54. The molecule has 0 aromatic heterocycles. The minimum atomic E-state index is 0.663. The van der Waals surface area contributed by atoms with Gasteiger partial charge in [0.25, 0.3) is 0 Å². The maximum absolute atomic E-state index is 5.97. The van der Waals surface area contributed by atoms with Crippen molar-refractivity contribution < 1.29 is 0 Å². The van der Waals surface area contributed by atoms with Crippen LogP contribution >= 0.6 is 27.5 Å². The minimum Gasteiger partial charge on any atom is -0.315 e. The van der Waals surface area contributed by atoms with Gasteiger partial charge in [-0.25, -0.2) is 0 Å². The Morgan fingerprint density at radius 3 is 2.67 bits per heavy atom. The van der Waals surface area contributed by atoms with Gasteiger partial charge in [-0.3, -0.25) is 0 Å². The lowest BCUT2D eigenvalue weighted by atomic mass is 9.94. The SMILES string of the molecule is Clc1cc(C2CNC2)ccc1Br. The van der Waals surface area contributed by atoms with Crippen LogP contribution in [0.2, 0.25) is 5.02 Å². The van der Waals surface area contributed by atoms with E-state index in [9.17, 15) is 0 Å². The van der Waals surface area contributed by atoms with Crippen LogP contribution in [0.4, 0.5) is 0 Å². The standard InChI is InChI=1S/C9H9BrClN/c10-8-2-1-6(3-9(8)11)7-4-12-5-7/h1-3,7,12H,4-5H2. The lowest BCUT2D eigenvalue weighted by molar-refractivity contribution is 0.448. The number of hydrogen-bond donors (Lipinski definition) is 1. The molecule has 12 heavy (non-hydrogen) atoms. The summed E-state index contributed by atoms with van der Waals surface area (Å²) in [4.78, 5) is 0. The second kappa shape index (κ2) is 3.36. The Kier molecular flexibility index (Phi) is 2.40. The molecule has 2 rings (SSSR count). The number of rotatable bonds is 1. The lowest BCUT2D eigenvalue weighted by Crippen LogP contribution is -2.39. The van der Waals surface area contributed by atoms with Gasteiger partial charge in [0.2, 0.25) is 0 Å². The van der Waals surface area contributed by atoms with E-state index in [4.69, 9.17) is 11.6 Å². The van der Waals surface area contributed by atoms with Gasteiger partial charge in [-0.15, -0.1) is 0 Å². The van der Waals surface area contributed by atoms with Crippen molar-refractivity contribution in [1.82, 2.24) is 5.32 Å². The van der Waals surface area contributed by atoms with Crippen LogP contribution in [0.25, 0.3) is 0 Å². The summed E-state index contributed by atoms with van der Waals surface area (Å²) in [6.07, 6.45) is 0. The highest BCUT2D eigenvalue weighted by Crippen LogP contribution is 2.28. The highest BCUT2D eigenvalue weighted by Gasteiger charge is 2.18. The van der Waals surface area contributed by atoms with Gasteiger partial charge in [0, 0.05) is 23.5 Å². The molecule has 1 fully saturated rings. The van der Waals surface area contributed by atoms with Crippen molar-refractivity contribution >= 4 is 27.5 Å². The Morgan fingerprint density at radius 2 is 2.17 bits per heavy atom. The van der Waals surface area contributed by atoms with Gasteiger partial charge >= 0.3 is 0 Å². The number of nitrogens with one attached hydrogen (secondary N) is 1. The third-order valence-corrected chi connectivity index (χ3v) is 3.43. The normalized spacial score (nSPS) is 17.5. The first-order valence-electron chi connectivity index (χ1n) is 3.93. The molecule has 1 aromatic rings. The third-order valence-electron chi connectivity index (χ3n) is 2.20. The fourth-order valence-corrected chi connectivity index (χ4v) is 1.73. The number of benzene rings is 1. The molecular weight excluding hydrogens is 237 g/mol. The summed E-state index contributed by atoms with van der Waals surface area (Å²) >= 11 is 9.34. The molecule has 3 heteroatoms. The summed E-state index contributed by atoms with van der Waals surface area (Å²) in [5.41, 5.74) is 1.34. The zero-order valence-electron chi connectivity index (χ0n) is 6.48. The predicted octanol–water partition coefficient (Wildman–Crippen LogP) is 2.79. The first-order chi connectivity index (χ1) is 5.77. The predicted molar refractivity (Wildman–Crippen MR) is 54.8 cm³/mol. The minimum absolute atomic E-state index is 0.663. The van der Waals surface area contributed by atoms with E-state index >= 15 is 0 Å². The van der Waals surface area contributed by atoms with Crippen LogP contribution < -0.4 is 5.32 Å². The van der Waals surface area contributed by atoms with Crippen molar-refractivity contribution in [2.24, 2.45) is 0 Å². The Balaban J connectivity index is 2.27. The third kappa shape index (κ3) is 1.51. The van der Waals surface area contributed by atoms with E-state index in [1.807, 2.05) is 12.1 Å². The fourth-order valence-electron chi connectivity index (χ4n) is 1.29. The van der Waals surface area contributed by atoms with Crippen LogP contribution in [0.5, 0.6) is 0 Å². The molecule has 0 amide bonds. The Hall–Kier alpha value is -0.0500. The monoisotopic (exact) mass is 245 g/mol. The van der Waals surface area contributed by atoms with Crippen molar-refractivity contribution in [2.75, 3.05) is 13.1 Å². The van der Waals surface area contributed by atoms with Gasteiger partial charge < -0.3 is 5.32 Å². The Labute approximate surface area is 85.2 Å². The molecule has 1 aliphatic rings. The van der Waals surface area contributed by atoms with Crippen molar-refractivity contribution in [3.8, 4) is 0 Å². The molecule has 0 aliphatic carbocycles. The van der Waals surface area contributed by atoms with Gasteiger partial charge in [-0.05, 0) is 33.6 Å². The molecule has 1 saturated heterocycles. The molecular formula is C9H9BrClN. The zero-order valence-corrected chi connectivity index (χ0v) is 8.82. The molecule has 1 aliphatic heterocycles. The molecule has 1 N–H and O–H groups in total. The molecule has 0 bridgehead atoms. The van der Waals surface area contributed by atoms with Gasteiger partial charge in [-0.1, -0.05) is 17.7 Å². The molecule has 0 spiro atoms. The summed E-state index contributed by atoms with van der Waals surface area (Å²) < 4.78 is 0.972. The summed E-state index contributed by atoms with van der Waals surface area (Å²) in [5.74, 6) is 0.663. The Morgan fingerprint density at radius 1 is 1.42 bits per heavy atom. The second-order valence-corrected chi connectivity index (χ2v) is 4.29. The molecule has 1 heterocycles. The largest absolute Gasteiger partial charge is 0.315 e. The Bertz CT molecular complexity index is 297. The van der Waals surface area contributed by atoms with E-state index in [-0.39, 0.29) is 0 Å². The summed E-state index contributed by atoms with van der Waals surface area (Å²) in [6, 6.07) is 6.18. The van der Waals surface area contributed by atoms with Crippen molar-refractivity contribution in [1.29, 1.82) is 0 Å². The van der Waals surface area contributed by atoms with Crippen molar-refractivity contribution in [2.45, 2.75) is 5.92 Å². The average Bonchev–Trinajstić information content (AvgIpc) is 1.93. The molecule has 64 valence electrons. The molecule has 0 unspecified atom stereocenters. The number of hydrogen-bond acceptors (Lipinski definition) is 1. The van der Waals surface area contributed by atoms with Gasteiger partial charge in [0.15, 0.2) is 0 Å². The lowest BCUT2D eigenvalue weighted by Gasteiger charge is -2.27. The van der Waals surface area contributed by atoms with Crippen LogP contribution in [0.15, 0.2) is 22.7 Å². The van der Waals surface area contributed by atoms with Crippen LogP contribution in [0.3, 0.4) is 0 Å². The summed E-state index contributed by atoms with van der Waals surface area (Å²) in [6.45, 7) is 2.16. The van der Waals surface area contributed by atoms with E-state index in [0.717, 1.165) is 22.6 Å². The molecule has 0 atom stereocenters. The topological polar surface area (TPSA) is 12.0 Å². The molecule has 1 nitrogen and oxygen atoms in total. The first-order valence-corrected chi connectivity index (χ1v) is 5.10. The maximum Gasteiger partial charge on any atom is 0.0550 e. The summed E-state index contributed by atoms with van der Waals surface area (Å²) in [5, 5.41) is 4.04. The molecule has 0 radical (unpaired) electrons. The number of halogens is 2. The van der Waals surface area contributed by atoms with Crippen molar-refractivity contribution in [3.63, 3.8) is 0 Å². The highest BCUT2D eigenvalue weighted by atomic mass is 79.9. The maximum atomic E-state index is 5.97. The van der Waals surface area contributed by atoms with Crippen molar-refractivity contribution in [3.05, 3.63) is 33.3 Å². The van der Waals surface area contributed by atoms with Gasteiger partial charge in [0.05, 0.1) is 5.02 Å². The van der Waals surface area contributed by atoms with Crippen LogP contribution in [0, 0.1) is 0 Å². The van der Waals surface area contributed by atoms with Crippen LogP contribution in [-0.2, 0) is 0 Å². The van der Waals surface area contributed by atoms with Gasteiger partial charge in [0.1, 0.15) is 0 Å². The smallest absolute Gasteiger partial charge is 0.0550 e. The van der Waals surface area contributed by atoms with E-state index < -0.39 is 0 Å². The fraction of sp³-hybridized carbons (Fsp3) is 0.333.